The lowest BCUT2D eigenvalue weighted by Crippen LogP contribution is -2.66. The van der Waals surface area contributed by atoms with Crippen LogP contribution >= 0.6 is 11.6 Å². The Morgan fingerprint density at radius 2 is 1.78 bits per heavy atom. The van der Waals surface area contributed by atoms with E-state index in [2.05, 4.69) is 52.4 Å². The number of aliphatic hydroxyl groups is 2. The van der Waals surface area contributed by atoms with Crippen molar-refractivity contribution in [3.63, 3.8) is 0 Å². The fourth-order valence-corrected chi connectivity index (χ4v) is 9.82. The summed E-state index contributed by atoms with van der Waals surface area (Å²) in [5.74, 6) is -1.38. The number of ether oxygens (including phenoxy) is 2. The first kappa shape index (κ1) is 36.2. The van der Waals surface area contributed by atoms with Crippen molar-refractivity contribution in [2.45, 2.75) is 82.6 Å². The van der Waals surface area contributed by atoms with Gasteiger partial charge in [0.2, 0.25) is 0 Å². The summed E-state index contributed by atoms with van der Waals surface area (Å²) < 4.78 is 12.2. The van der Waals surface area contributed by atoms with E-state index in [1.165, 1.54) is 17.7 Å². The predicted molar refractivity (Wildman–Crippen MR) is 194 cm³/mol. The number of carbonyl (C=O) groups is 2. The highest BCUT2D eigenvalue weighted by Gasteiger charge is 2.62. The Morgan fingerprint density at radius 1 is 1.06 bits per heavy atom. The van der Waals surface area contributed by atoms with E-state index in [-0.39, 0.29) is 30.1 Å². The first-order chi connectivity index (χ1) is 24.3. The topological polar surface area (TPSA) is 124 Å². The molecule has 7 rings (SSSR count). The van der Waals surface area contributed by atoms with E-state index in [1.807, 2.05) is 19.9 Å². The summed E-state index contributed by atoms with van der Waals surface area (Å²) >= 11 is 6.48. The number of fused-ring (bicyclic) bond motifs is 4. The minimum atomic E-state index is -1.56. The van der Waals surface area contributed by atoms with Crippen LogP contribution in [0.2, 0.25) is 5.02 Å². The molecular formula is C39H51ClN4O7. The lowest BCUT2D eigenvalue weighted by Gasteiger charge is -2.56. The number of carbonyl (C=O) groups excluding carboxylic acids is 2. The molecule has 51 heavy (non-hydrogen) atoms. The van der Waals surface area contributed by atoms with Gasteiger partial charge in [-0.2, -0.15) is 0 Å². The van der Waals surface area contributed by atoms with Crippen LogP contribution in [0.4, 0.5) is 11.4 Å². The van der Waals surface area contributed by atoms with Gasteiger partial charge in [-0.15, -0.1) is 0 Å². The van der Waals surface area contributed by atoms with Crippen LogP contribution in [0.1, 0.15) is 52.5 Å². The van der Waals surface area contributed by atoms with E-state index in [0.717, 1.165) is 51.1 Å². The van der Waals surface area contributed by atoms with Gasteiger partial charge in [-0.25, -0.2) is 0 Å². The van der Waals surface area contributed by atoms with Crippen molar-refractivity contribution in [1.82, 2.24) is 10.2 Å². The Kier molecular flexibility index (Phi) is 9.92. The SMILES string of the molecule is CC(=O)O[C@@H]1C(C)=C[C@@H]2[C@H](C(C)CN3CCN(c4ccccc4)CC3)CC[C@@H](C)[C@]2(O)[C@H]1OC(=O)[C@@H]1C[C@@]2(O)c3cccc(Cl)c3N(C)O[C@H]2N1. The van der Waals surface area contributed by atoms with Gasteiger partial charge in [0.1, 0.15) is 17.2 Å². The van der Waals surface area contributed by atoms with Crippen molar-refractivity contribution in [1.29, 1.82) is 0 Å². The molecule has 0 amide bonds. The molecule has 2 aliphatic carbocycles. The number of hydrogen-bond donors (Lipinski definition) is 3. The molecule has 2 saturated heterocycles. The van der Waals surface area contributed by atoms with Gasteiger partial charge < -0.3 is 24.6 Å². The van der Waals surface area contributed by atoms with E-state index in [0.29, 0.717) is 16.3 Å². The number of hydroxylamine groups is 1. The largest absolute Gasteiger partial charge is 0.454 e. The van der Waals surface area contributed by atoms with E-state index in [1.54, 1.807) is 25.2 Å². The van der Waals surface area contributed by atoms with Crippen LogP contribution in [0.15, 0.2) is 60.2 Å². The lowest BCUT2D eigenvalue weighted by atomic mass is 9.55. The fourth-order valence-electron chi connectivity index (χ4n) is 9.53. The number of hydrogen-bond acceptors (Lipinski definition) is 11. The molecule has 0 bridgehead atoms. The highest BCUT2D eigenvalue weighted by atomic mass is 35.5. The summed E-state index contributed by atoms with van der Waals surface area (Å²) in [6, 6.07) is 14.8. The third-order valence-electron chi connectivity index (χ3n) is 12.3. The molecule has 0 aromatic heterocycles. The van der Waals surface area contributed by atoms with E-state index >= 15 is 0 Å². The normalized spacial score (nSPS) is 35.6. The smallest absolute Gasteiger partial charge is 0.323 e. The third-order valence-corrected chi connectivity index (χ3v) is 12.6. The molecule has 2 aromatic carbocycles. The van der Waals surface area contributed by atoms with Gasteiger partial charge in [-0.3, -0.25) is 29.7 Å². The van der Waals surface area contributed by atoms with Gasteiger partial charge in [-0.1, -0.05) is 61.9 Å². The second kappa shape index (κ2) is 14.0. The maximum atomic E-state index is 14.2. The molecule has 10 atom stereocenters. The van der Waals surface area contributed by atoms with Crippen molar-refractivity contribution in [2.75, 3.05) is 49.7 Å². The molecule has 3 N–H and O–H groups in total. The predicted octanol–water partition coefficient (Wildman–Crippen LogP) is 4.25. The monoisotopic (exact) mass is 722 g/mol. The number of para-hydroxylation sites is 2. The zero-order valence-electron chi connectivity index (χ0n) is 30.1. The highest BCUT2D eigenvalue weighted by molar-refractivity contribution is 6.33. The average molecular weight is 723 g/mol. The van der Waals surface area contributed by atoms with Crippen LogP contribution in [-0.2, 0) is 29.5 Å². The Morgan fingerprint density at radius 3 is 2.49 bits per heavy atom. The molecule has 1 saturated carbocycles. The molecule has 3 heterocycles. The Balaban J connectivity index is 1.11. The van der Waals surface area contributed by atoms with Gasteiger partial charge in [0.15, 0.2) is 18.4 Å². The standard InChI is InChI=1S/C39H51ClN4O7/c1-23-20-30-28(24(2)22-43-16-18-44(19-17-43)27-10-7-6-8-11-27)15-14-25(3)39(30,48)35(34(23)49-26(4)45)50-36(46)32-21-38(47)29-12-9-13-31(40)33(29)42(5)51-37(38)41-32/h6-13,20,24-25,28,30,32,34-35,37,41,47-48H,14-19,21-22H2,1-5H3/t24?,25-,28+,30-,32+,34-,35+,37-,38-,39-/m1/s1. The first-order valence-corrected chi connectivity index (χ1v) is 18.7. The van der Waals surface area contributed by atoms with E-state index in [9.17, 15) is 19.8 Å². The van der Waals surface area contributed by atoms with Gasteiger partial charge in [0.25, 0.3) is 0 Å². The number of halogens is 1. The van der Waals surface area contributed by atoms with Gasteiger partial charge in [-0.05, 0) is 61.3 Å². The molecule has 1 unspecified atom stereocenters. The van der Waals surface area contributed by atoms with Crippen LogP contribution in [0.25, 0.3) is 0 Å². The fraction of sp³-hybridized carbons (Fsp3) is 0.590. The van der Waals surface area contributed by atoms with Gasteiger partial charge >= 0.3 is 11.9 Å². The molecule has 0 spiro atoms. The van der Waals surface area contributed by atoms with Crippen molar-refractivity contribution in [3.05, 3.63) is 70.8 Å². The lowest BCUT2D eigenvalue weighted by molar-refractivity contribution is -0.225. The summed E-state index contributed by atoms with van der Waals surface area (Å²) in [5, 5.41) is 29.8. The number of rotatable bonds is 7. The molecule has 12 heteroatoms. The second-order valence-electron chi connectivity index (χ2n) is 15.4. The molecule has 3 aliphatic heterocycles. The summed E-state index contributed by atoms with van der Waals surface area (Å²) in [6.45, 7) is 12.2. The van der Waals surface area contributed by atoms with Crippen LogP contribution in [0, 0.1) is 23.7 Å². The number of piperazine rings is 1. The van der Waals surface area contributed by atoms with Crippen LogP contribution in [-0.4, -0.2) is 96.9 Å². The van der Waals surface area contributed by atoms with Crippen molar-refractivity contribution in [2.24, 2.45) is 23.7 Å². The van der Waals surface area contributed by atoms with Crippen LogP contribution in [0.5, 0.6) is 0 Å². The van der Waals surface area contributed by atoms with E-state index < -0.39 is 47.6 Å². The number of benzene rings is 2. The minimum absolute atomic E-state index is 0.0357. The zero-order chi connectivity index (χ0) is 36.2. The van der Waals surface area contributed by atoms with E-state index in [4.69, 9.17) is 25.9 Å². The maximum Gasteiger partial charge on any atom is 0.323 e. The van der Waals surface area contributed by atoms with Crippen molar-refractivity contribution < 1.29 is 34.1 Å². The summed E-state index contributed by atoms with van der Waals surface area (Å²) in [5.41, 5.74) is 0.0284. The summed E-state index contributed by atoms with van der Waals surface area (Å²) in [4.78, 5) is 37.5. The number of nitrogens with zero attached hydrogens (tertiary/aromatic N) is 3. The van der Waals surface area contributed by atoms with Crippen LogP contribution < -0.4 is 15.3 Å². The Hall–Kier alpha value is -3.19. The number of anilines is 2. The zero-order valence-corrected chi connectivity index (χ0v) is 30.9. The molecule has 2 aromatic rings. The summed E-state index contributed by atoms with van der Waals surface area (Å²) in [7, 11) is 1.70. The highest BCUT2D eigenvalue weighted by Crippen LogP contribution is 2.53. The van der Waals surface area contributed by atoms with Gasteiger partial charge in [0, 0.05) is 70.3 Å². The quantitative estimate of drug-likeness (QED) is 0.281. The third kappa shape index (κ3) is 6.44. The maximum absolute atomic E-state index is 14.2. The minimum Gasteiger partial charge on any atom is -0.454 e. The number of esters is 2. The Bertz CT molecular complexity index is 1650. The first-order valence-electron chi connectivity index (χ1n) is 18.3. The van der Waals surface area contributed by atoms with Crippen molar-refractivity contribution >= 4 is 34.9 Å². The molecule has 3 fully saturated rings. The van der Waals surface area contributed by atoms with Crippen LogP contribution in [0.3, 0.4) is 0 Å². The second-order valence-corrected chi connectivity index (χ2v) is 15.8. The average Bonchev–Trinajstić information content (AvgIpc) is 3.45. The molecule has 276 valence electrons. The number of nitrogens with one attached hydrogen (secondary N) is 1. The molecule has 0 radical (unpaired) electrons. The Labute approximate surface area is 305 Å². The molecular weight excluding hydrogens is 672 g/mol. The van der Waals surface area contributed by atoms with Gasteiger partial charge in [0.05, 0.1) is 10.7 Å². The molecule has 11 nitrogen and oxygen atoms in total. The molecule has 5 aliphatic rings. The van der Waals surface area contributed by atoms with Crippen molar-refractivity contribution in [3.8, 4) is 0 Å². The summed E-state index contributed by atoms with van der Waals surface area (Å²) in [6.07, 6.45) is 0.653.